The third-order valence-corrected chi connectivity index (χ3v) is 4.06. The molecule has 140 valence electrons. The van der Waals surface area contributed by atoms with Crippen molar-refractivity contribution in [1.29, 1.82) is 0 Å². The van der Waals surface area contributed by atoms with Gasteiger partial charge in [0, 0.05) is 0 Å². The fourth-order valence-corrected chi connectivity index (χ4v) is 2.37. The average molecular weight is 347 g/mol. The molecule has 0 aromatic carbocycles. The molecular formula is C14H30BN3O6. The molecule has 9 nitrogen and oxygen atoms in total. The molecule has 0 heterocycles. The smallest absolute Gasteiger partial charge is 0.451 e. The van der Waals surface area contributed by atoms with Crippen LogP contribution in [0, 0.1) is 0 Å². The number of carbonyl (C=O) groups is 2. The van der Waals surface area contributed by atoms with Crippen molar-refractivity contribution in [3.8, 4) is 0 Å². The predicted octanol–water partition coefficient (Wildman–Crippen LogP) is -1.07. The lowest BCUT2D eigenvalue weighted by Crippen LogP contribution is -2.48. The largest absolute Gasteiger partial charge is 0.480 e. The van der Waals surface area contributed by atoms with Gasteiger partial charge in [0.2, 0.25) is 0 Å². The van der Waals surface area contributed by atoms with Crippen molar-refractivity contribution in [2.45, 2.75) is 56.4 Å². The van der Waals surface area contributed by atoms with E-state index < -0.39 is 30.6 Å². The first-order chi connectivity index (χ1) is 11.1. The molecule has 0 aromatic heterocycles. The van der Waals surface area contributed by atoms with E-state index in [-0.39, 0.29) is 12.7 Å². The van der Waals surface area contributed by atoms with E-state index in [4.69, 9.17) is 26.6 Å². The molecule has 2 atom stereocenters. The third kappa shape index (κ3) is 9.84. The molecule has 0 aliphatic carbocycles. The molecular weight excluding hydrogens is 317 g/mol. The van der Waals surface area contributed by atoms with Gasteiger partial charge in [-0.15, -0.1) is 0 Å². The van der Waals surface area contributed by atoms with Crippen molar-refractivity contribution < 1.29 is 29.9 Å². The minimum absolute atomic E-state index is 0.197. The van der Waals surface area contributed by atoms with E-state index in [1.165, 1.54) is 0 Å². The first-order valence-electron chi connectivity index (χ1n) is 8.14. The monoisotopic (exact) mass is 347 g/mol. The molecule has 0 saturated heterocycles. The third-order valence-electron chi connectivity index (χ3n) is 4.06. The number of aliphatic carboxylic acids is 2. The Bertz CT molecular complexity index is 399. The summed E-state index contributed by atoms with van der Waals surface area (Å²) in [7, 11) is 0.434. The van der Waals surface area contributed by atoms with Crippen molar-refractivity contribution in [2.24, 2.45) is 11.5 Å². The van der Waals surface area contributed by atoms with E-state index in [1.807, 2.05) is 11.9 Å². The average Bonchev–Trinajstić information content (AvgIpc) is 2.48. The van der Waals surface area contributed by atoms with E-state index in [2.05, 4.69) is 0 Å². The molecule has 0 rings (SSSR count). The predicted molar refractivity (Wildman–Crippen MR) is 90.4 cm³/mol. The summed E-state index contributed by atoms with van der Waals surface area (Å²) < 4.78 is 0. The van der Waals surface area contributed by atoms with Crippen LogP contribution in [0.25, 0.3) is 0 Å². The molecule has 0 bridgehead atoms. The van der Waals surface area contributed by atoms with E-state index >= 15 is 0 Å². The van der Waals surface area contributed by atoms with Gasteiger partial charge in [0.25, 0.3) is 0 Å². The second-order valence-corrected chi connectivity index (χ2v) is 6.33. The summed E-state index contributed by atoms with van der Waals surface area (Å²) in [5, 5.41) is 35.6. The Balaban J connectivity index is 4.15. The van der Waals surface area contributed by atoms with E-state index in [0.29, 0.717) is 45.2 Å². The van der Waals surface area contributed by atoms with Crippen LogP contribution < -0.4 is 11.5 Å². The van der Waals surface area contributed by atoms with Crippen LogP contribution in [0.1, 0.15) is 38.5 Å². The van der Waals surface area contributed by atoms with Gasteiger partial charge >= 0.3 is 19.1 Å². The number of rotatable bonds is 14. The molecule has 0 aromatic rings. The summed E-state index contributed by atoms with van der Waals surface area (Å²) >= 11 is 0. The maximum absolute atomic E-state index is 11.4. The first kappa shape index (κ1) is 22.8. The lowest BCUT2D eigenvalue weighted by Gasteiger charge is -2.26. The Morgan fingerprint density at radius 1 is 1.12 bits per heavy atom. The van der Waals surface area contributed by atoms with Crippen LogP contribution in [0.5, 0.6) is 0 Å². The molecule has 0 radical (unpaired) electrons. The van der Waals surface area contributed by atoms with E-state index in [1.54, 1.807) is 0 Å². The van der Waals surface area contributed by atoms with Gasteiger partial charge in [-0.3, -0.25) is 9.59 Å². The van der Waals surface area contributed by atoms with Crippen LogP contribution in [-0.2, 0) is 9.59 Å². The Labute approximate surface area is 142 Å². The topological polar surface area (TPSA) is 170 Å². The van der Waals surface area contributed by atoms with Gasteiger partial charge in [-0.1, -0.05) is 12.8 Å². The molecule has 2 unspecified atom stereocenters. The Kier molecular flexibility index (Phi) is 10.8. The molecule has 0 fully saturated rings. The van der Waals surface area contributed by atoms with Crippen molar-refractivity contribution in [1.82, 2.24) is 4.90 Å². The number of nitrogens with two attached hydrogens (primary N) is 2. The summed E-state index contributed by atoms with van der Waals surface area (Å²) in [6.07, 6.45) is 2.64. The highest BCUT2D eigenvalue weighted by molar-refractivity contribution is 6.40. The molecule has 0 spiro atoms. The molecule has 0 amide bonds. The molecule has 10 heteroatoms. The van der Waals surface area contributed by atoms with Crippen molar-refractivity contribution in [3.05, 3.63) is 0 Å². The van der Waals surface area contributed by atoms with Gasteiger partial charge in [-0.25, -0.2) is 0 Å². The summed E-state index contributed by atoms with van der Waals surface area (Å²) in [5.74, 6) is -2.11. The zero-order valence-electron chi connectivity index (χ0n) is 14.2. The van der Waals surface area contributed by atoms with Crippen LogP contribution >= 0.6 is 0 Å². The fourth-order valence-electron chi connectivity index (χ4n) is 2.37. The van der Waals surface area contributed by atoms with Gasteiger partial charge in [-0.05, 0) is 52.1 Å². The van der Waals surface area contributed by atoms with Crippen LogP contribution in [0.4, 0.5) is 0 Å². The Hall–Kier alpha value is -1.20. The second-order valence-electron chi connectivity index (χ2n) is 6.33. The molecule has 8 N–H and O–H groups in total. The summed E-state index contributed by atoms with van der Waals surface area (Å²) in [4.78, 5) is 23.9. The van der Waals surface area contributed by atoms with E-state index in [0.717, 1.165) is 0 Å². The fraction of sp³-hybridized carbons (Fsp3) is 0.857. The number of unbranched alkanes of at least 4 members (excludes halogenated alkanes) is 1. The Morgan fingerprint density at radius 2 is 1.71 bits per heavy atom. The van der Waals surface area contributed by atoms with Crippen molar-refractivity contribution in [2.75, 3.05) is 20.1 Å². The van der Waals surface area contributed by atoms with E-state index in [9.17, 15) is 14.7 Å². The van der Waals surface area contributed by atoms with Gasteiger partial charge in [0.05, 0.1) is 0 Å². The first-order valence-corrected chi connectivity index (χ1v) is 8.14. The normalized spacial score (nSPS) is 15.1. The highest BCUT2D eigenvalue weighted by Gasteiger charge is 2.32. The molecule has 24 heavy (non-hydrogen) atoms. The Morgan fingerprint density at radius 3 is 2.21 bits per heavy atom. The van der Waals surface area contributed by atoms with Crippen molar-refractivity contribution in [3.63, 3.8) is 0 Å². The maximum Gasteiger partial charge on any atom is 0.451 e. The van der Waals surface area contributed by atoms with Gasteiger partial charge in [0.1, 0.15) is 11.6 Å². The number of hydrogen-bond donors (Lipinski definition) is 6. The minimum atomic E-state index is -1.38. The SMILES string of the molecule is CN(CCCC(N)(CCCCB(O)O)C(=O)O)CCC(N)C(=O)O. The maximum atomic E-state index is 11.4. The summed E-state index contributed by atoms with van der Waals surface area (Å²) in [5.41, 5.74) is 10.1. The highest BCUT2D eigenvalue weighted by atomic mass is 16.4. The molecule has 0 saturated carbocycles. The van der Waals surface area contributed by atoms with Crippen LogP contribution in [0.2, 0.25) is 6.32 Å². The molecule has 0 aliphatic heterocycles. The highest BCUT2D eigenvalue weighted by Crippen LogP contribution is 2.19. The quantitative estimate of drug-likeness (QED) is 0.169. The number of nitrogens with zero attached hydrogens (tertiary/aromatic N) is 1. The van der Waals surface area contributed by atoms with Crippen LogP contribution in [0.3, 0.4) is 0 Å². The van der Waals surface area contributed by atoms with Crippen molar-refractivity contribution >= 4 is 19.1 Å². The van der Waals surface area contributed by atoms with Crippen LogP contribution in [-0.4, -0.2) is 75.9 Å². The standard InChI is InChI=1S/C14H30BN3O6/c1-18(10-5-11(16)12(19)20)9-4-7-14(17,13(21)22)6-2-3-8-15(23)24/h11,23-24H,2-10,16-17H2,1H3,(H,19,20)(H,21,22). The minimum Gasteiger partial charge on any atom is -0.480 e. The number of hydrogen-bond acceptors (Lipinski definition) is 7. The summed E-state index contributed by atoms with van der Waals surface area (Å²) in [6, 6.07) is -0.901. The lowest BCUT2D eigenvalue weighted by atomic mass is 9.81. The van der Waals surface area contributed by atoms with Gasteiger partial charge in [-0.2, -0.15) is 0 Å². The number of carboxylic acid groups (broad SMARTS) is 2. The zero-order chi connectivity index (χ0) is 18.8. The van der Waals surface area contributed by atoms with Crippen LogP contribution in [0.15, 0.2) is 0 Å². The molecule has 0 aliphatic rings. The second kappa shape index (κ2) is 11.4. The zero-order valence-corrected chi connectivity index (χ0v) is 14.2. The van der Waals surface area contributed by atoms with Gasteiger partial charge < -0.3 is 36.6 Å². The summed E-state index contributed by atoms with van der Waals surface area (Å²) in [6.45, 7) is 1.10. The van der Waals surface area contributed by atoms with Gasteiger partial charge in [0.15, 0.2) is 0 Å². The number of carboxylic acids is 2. The lowest BCUT2D eigenvalue weighted by molar-refractivity contribution is -0.144.